The normalized spacial score (nSPS) is 12.8. The molecule has 0 bridgehead atoms. The maximum Gasteiger partial charge on any atom is 0.179 e. The summed E-state index contributed by atoms with van der Waals surface area (Å²) in [7, 11) is -3.32. The van der Waals surface area contributed by atoms with Crippen molar-refractivity contribution in [1.29, 1.82) is 5.26 Å². The predicted molar refractivity (Wildman–Crippen MR) is 83.9 cm³/mol. The Balaban J connectivity index is 1.93. The molecule has 0 radical (unpaired) electrons. The van der Waals surface area contributed by atoms with Crippen LogP contribution in [-0.4, -0.2) is 20.7 Å². The smallest absolute Gasteiger partial charge is 0.179 e. The van der Waals surface area contributed by atoms with Crippen LogP contribution in [0.1, 0.15) is 23.4 Å². The van der Waals surface area contributed by atoms with E-state index in [0.29, 0.717) is 12.1 Å². The van der Waals surface area contributed by atoms with Gasteiger partial charge in [-0.05, 0) is 42.6 Å². The van der Waals surface area contributed by atoms with Gasteiger partial charge in [0.25, 0.3) is 0 Å². The fourth-order valence-corrected chi connectivity index (χ4v) is 3.83. The Hall–Kier alpha value is -1.68. The Morgan fingerprint density at radius 3 is 2.57 bits per heavy atom. The molecule has 1 N–H and O–H groups in total. The zero-order valence-corrected chi connectivity index (χ0v) is 13.2. The number of sulfone groups is 1. The van der Waals surface area contributed by atoms with Gasteiger partial charge < -0.3 is 5.32 Å². The number of nitriles is 1. The second-order valence-electron chi connectivity index (χ2n) is 4.65. The van der Waals surface area contributed by atoms with Crippen LogP contribution in [0.5, 0.6) is 0 Å². The van der Waals surface area contributed by atoms with Crippen LogP contribution in [0, 0.1) is 11.3 Å². The fraction of sp³-hybridized carbons (Fsp3) is 0.267. The summed E-state index contributed by atoms with van der Waals surface area (Å²) in [4.78, 5) is 1.44. The molecule has 6 heteroatoms. The summed E-state index contributed by atoms with van der Waals surface area (Å²) in [5, 5.41) is 13.9. The lowest BCUT2D eigenvalue weighted by Crippen LogP contribution is -2.25. The van der Waals surface area contributed by atoms with Gasteiger partial charge in [-0.25, -0.2) is 8.42 Å². The lowest BCUT2D eigenvalue weighted by atomic mass is 10.2. The van der Waals surface area contributed by atoms with Crippen molar-refractivity contribution in [2.24, 2.45) is 0 Å². The molecule has 110 valence electrons. The second-order valence-corrected chi connectivity index (χ2v) is 7.73. The number of rotatable bonds is 6. The van der Waals surface area contributed by atoms with Crippen LogP contribution in [-0.2, 0) is 9.84 Å². The minimum Gasteiger partial charge on any atom is -0.308 e. The molecule has 0 saturated heterocycles. The van der Waals surface area contributed by atoms with Gasteiger partial charge in [-0.2, -0.15) is 5.26 Å². The summed E-state index contributed by atoms with van der Waals surface area (Å²) in [6.07, 6.45) is 0. The Labute approximate surface area is 129 Å². The van der Waals surface area contributed by atoms with Crippen LogP contribution in [0.2, 0.25) is 0 Å². The third kappa shape index (κ3) is 4.14. The highest BCUT2D eigenvalue weighted by Gasteiger charge is 2.15. The van der Waals surface area contributed by atoms with E-state index >= 15 is 0 Å². The molecule has 0 fully saturated rings. The molecule has 0 saturated carbocycles. The van der Waals surface area contributed by atoms with Crippen LogP contribution in [0.25, 0.3) is 0 Å². The lowest BCUT2D eigenvalue weighted by Gasteiger charge is -2.12. The van der Waals surface area contributed by atoms with E-state index in [1.54, 1.807) is 11.3 Å². The monoisotopic (exact) mass is 320 g/mol. The SMILES string of the molecule is CC(NCCS(=O)(=O)c1ccc(C#N)cc1)c1cccs1. The van der Waals surface area contributed by atoms with E-state index in [2.05, 4.69) is 5.32 Å². The third-order valence-corrected chi connectivity index (χ3v) is 5.92. The van der Waals surface area contributed by atoms with Crippen molar-refractivity contribution in [3.63, 3.8) is 0 Å². The first-order chi connectivity index (χ1) is 10.0. The number of hydrogen-bond acceptors (Lipinski definition) is 5. The van der Waals surface area contributed by atoms with Gasteiger partial charge in [0.2, 0.25) is 0 Å². The molecule has 0 aliphatic rings. The number of hydrogen-bond donors (Lipinski definition) is 1. The van der Waals surface area contributed by atoms with Gasteiger partial charge >= 0.3 is 0 Å². The van der Waals surface area contributed by atoms with Gasteiger partial charge in [0, 0.05) is 17.5 Å². The van der Waals surface area contributed by atoms with Crippen molar-refractivity contribution >= 4 is 21.2 Å². The molecule has 0 aliphatic heterocycles. The zero-order chi connectivity index (χ0) is 15.3. The van der Waals surface area contributed by atoms with Gasteiger partial charge in [0.15, 0.2) is 9.84 Å². The first kappa shape index (κ1) is 15.7. The third-order valence-electron chi connectivity index (χ3n) is 3.13. The van der Waals surface area contributed by atoms with E-state index in [1.165, 1.54) is 29.1 Å². The standard InChI is InChI=1S/C15H16N2O2S2/c1-12(15-3-2-9-20-15)17-8-10-21(18,19)14-6-4-13(11-16)5-7-14/h2-7,9,12,17H,8,10H2,1H3. The van der Waals surface area contributed by atoms with Gasteiger partial charge in [-0.15, -0.1) is 11.3 Å². The van der Waals surface area contributed by atoms with Gasteiger partial charge in [-0.3, -0.25) is 0 Å². The molecule has 1 heterocycles. The largest absolute Gasteiger partial charge is 0.308 e. The topological polar surface area (TPSA) is 70.0 Å². The fourth-order valence-electron chi connectivity index (χ4n) is 1.90. The van der Waals surface area contributed by atoms with Crippen molar-refractivity contribution in [2.75, 3.05) is 12.3 Å². The van der Waals surface area contributed by atoms with E-state index in [4.69, 9.17) is 5.26 Å². The van der Waals surface area contributed by atoms with E-state index in [0.717, 1.165) is 0 Å². The average Bonchev–Trinajstić information content (AvgIpc) is 3.01. The van der Waals surface area contributed by atoms with Crippen molar-refractivity contribution in [2.45, 2.75) is 17.9 Å². The summed E-state index contributed by atoms with van der Waals surface area (Å²) in [5.74, 6) is 0.0363. The Morgan fingerprint density at radius 1 is 1.29 bits per heavy atom. The highest BCUT2D eigenvalue weighted by molar-refractivity contribution is 7.91. The highest BCUT2D eigenvalue weighted by Crippen LogP contribution is 2.18. The van der Waals surface area contributed by atoms with E-state index in [9.17, 15) is 8.42 Å². The van der Waals surface area contributed by atoms with Gasteiger partial charge in [0.05, 0.1) is 22.3 Å². The summed E-state index contributed by atoms with van der Waals surface area (Å²) in [6.45, 7) is 2.40. The molecule has 2 aromatic rings. The lowest BCUT2D eigenvalue weighted by molar-refractivity contribution is 0.575. The van der Waals surface area contributed by atoms with E-state index in [1.807, 2.05) is 30.5 Å². The van der Waals surface area contributed by atoms with Crippen LogP contribution < -0.4 is 5.32 Å². The first-order valence-electron chi connectivity index (χ1n) is 6.52. The maximum absolute atomic E-state index is 12.2. The van der Waals surface area contributed by atoms with Crippen LogP contribution in [0.15, 0.2) is 46.7 Å². The Kier molecular flexibility index (Phi) is 5.12. The summed E-state index contributed by atoms with van der Waals surface area (Å²) >= 11 is 1.65. The van der Waals surface area contributed by atoms with Gasteiger partial charge in [-0.1, -0.05) is 6.07 Å². The molecular weight excluding hydrogens is 304 g/mol. The molecular formula is C15H16N2O2S2. The minimum atomic E-state index is -3.32. The molecule has 1 aromatic carbocycles. The number of nitrogens with zero attached hydrogens (tertiary/aromatic N) is 1. The predicted octanol–water partition coefficient (Wildman–Crippen LogP) is 2.74. The second kappa shape index (κ2) is 6.85. The van der Waals surface area contributed by atoms with Crippen LogP contribution >= 0.6 is 11.3 Å². The molecule has 2 rings (SSSR count). The summed E-state index contributed by atoms with van der Waals surface area (Å²) in [5.41, 5.74) is 0.457. The Morgan fingerprint density at radius 2 is 2.00 bits per heavy atom. The quantitative estimate of drug-likeness (QED) is 0.888. The average molecular weight is 320 g/mol. The first-order valence-corrected chi connectivity index (χ1v) is 9.06. The molecule has 0 amide bonds. The number of benzene rings is 1. The Bertz CT molecular complexity index is 714. The number of thiophene rings is 1. The summed E-state index contributed by atoms with van der Waals surface area (Å²) < 4.78 is 24.4. The van der Waals surface area contributed by atoms with Gasteiger partial charge in [0.1, 0.15) is 0 Å². The van der Waals surface area contributed by atoms with Crippen LogP contribution in [0.3, 0.4) is 0 Å². The molecule has 0 spiro atoms. The minimum absolute atomic E-state index is 0.0363. The highest BCUT2D eigenvalue weighted by atomic mass is 32.2. The molecule has 1 unspecified atom stereocenters. The van der Waals surface area contributed by atoms with Crippen molar-refractivity contribution < 1.29 is 8.42 Å². The van der Waals surface area contributed by atoms with E-state index < -0.39 is 9.84 Å². The molecule has 1 atom stereocenters. The molecule has 0 aliphatic carbocycles. The maximum atomic E-state index is 12.2. The zero-order valence-electron chi connectivity index (χ0n) is 11.6. The molecule has 1 aromatic heterocycles. The van der Waals surface area contributed by atoms with E-state index in [-0.39, 0.29) is 16.7 Å². The molecule has 4 nitrogen and oxygen atoms in total. The van der Waals surface area contributed by atoms with Crippen molar-refractivity contribution in [1.82, 2.24) is 5.32 Å². The van der Waals surface area contributed by atoms with Crippen molar-refractivity contribution in [3.8, 4) is 6.07 Å². The molecule has 21 heavy (non-hydrogen) atoms. The van der Waals surface area contributed by atoms with Crippen molar-refractivity contribution in [3.05, 3.63) is 52.2 Å². The van der Waals surface area contributed by atoms with Crippen LogP contribution in [0.4, 0.5) is 0 Å². The number of nitrogens with one attached hydrogen (secondary N) is 1. The summed E-state index contributed by atoms with van der Waals surface area (Å²) in [6, 6.07) is 12.1.